The zero-order chi connectivity index (χ0) is 20.2. The first-order valence-corrected chi connectivity index (χ1v) is 9.15. The van der Waals surface area contributed by atoms with Gasteiger partial charge in [0.1, 0.15) is 18.1 Å². The van der Waals surface area contributed by atoms with Crippen LogP contribution in [0.15, 0.2) is 82.7 Å². The topological polar surface area (TPSA) is 76.7 Å². The molecular weight excluding hydrogens is 366 g/mol. The summed E-state index contributed by atoms with van der Waals surface area (Å²) in [5, 5.41) is 15.0. The molecule has 0 radical (unpaired) electrons. The van der Waals surface area contributed by atoms with Gasteiger partial charge in [-0.3, -0.25) is 4.79 Å². The molecule has 0 amide bonds. The average molecular weight is 385 g/mol. The summed E-state index contributed by atoms with van der Waals surface area (Å²) in [6.07, 6.45) is 1.45. The summed E-state index contributed by atoms with van der Waals surface area (Å²) in [6.45, 7) is 1.87. The molecule has 0 fully saturated rings. The molecule has 29 heavy (non-hydrogen) atoms. The third kappa shape index (κ3) is 3.87. The smallest absolute Gasteiger partial charge is 0.282 e. The summed E-state index contributed by atoms with van der Waals surface area (Å²) in [6, 6.07) is 21.7. The van der Waals surface area contributed by atoms with E-state index in [1.54, 1.807) is 37.3 Å². The molecule has 0 atom stereocenters. The van der Waals surface area contributed by atoms with Crippen LogP contribution in [0, 0.1) is 6.92 Å². The Balaban J connectivity index is 1.77. The van der Waals surface area contributed by atoms with Crippen molar-refractivity contribution in [3.63, 3.8) is 0 Å². The Bertz CT molecular complexity index is 1250. The number of hydrogen-bond donors (Lipinski definition) is 1. The Labute approximate surface area is 167 Å². The van der Waals surface area contributed by atoms with Crippen molar-refractivity contribution in [3.8, 4) is 11.5 Å². The molecule has 0 saturated heterocycles. The van der Waals surface area contributed by atoms with Crippen LogP contribution >= 0.6 is 0 Å². The number of aryl methyl sites for hydroxylation is 1. The zero-order valence-corrected chi connectivity index (χ0v) is 15.8. The number of fused-ring (bicyclic) bond motifs is 1. The van der Waals surface area contributed by atoms with Crippen molar-refractivity contribution < 1.29 is 9.84 Å². The third-order valence-corrected chi connectivity index (χ3v) is 4.51. The number of benzene rings is 3. The highest BCUT2D eigenvalue weighted by atomic mass is 16.5. The van der Waals surface area contributed by atoms with Crippen LogP contribution in [0.1, 0.15) is 17.0 Å². The van der Waals surface area contributed by atoms with E-state index in [0.717, 1.165) is 5.56 Å². The fourth-order valence-electron chi connectivity index (χ4n) is 2.95. The number of nitrogens with zero attached hydrogens (tertiary/aromatic N) is 3. The summed E-state index contributed by atoms with van der Waals surface area (Å²) in [5.41, 5.74) is 1.52. The molecule has 0 saturated carbocycles. The van der Waals surface area contributed by atoms with Crippen LogP contribution in [-0.4, -0.2) is 21.0 Å². The van der Waals surface area contributed by atoms with Crippen molar-refractivity contribution in [3.05, 3.63) is 100 Å². The zero-order valence-electron chi connectivity index (χ0n) is 15.8. The molecule has 0 unspecified atom stereocenters. The van der Waals surface area contributed by atoms with Gasteiger partial charge in [0.05, 0.1) is 17.1 Å². The molecule has 6 nitrogen and oxygen atoms in total. The Morgan fingerprint density at radius 2 is 1.79 bits per heavy atom. The normalized spacial score (nSPS) is 11.2. The molecule has 0 spiro atoms. The Kier molecular flexibility index (Phi) is 5.07. The van der Waals surface area contributed by atoms with Crippen molar-refractivity contribution in [2.45, 2.75) is 13.5 Å². The Morgan fingerprint density at radius 1 is 1.03 bits per heavy atom. The van der Waals surface area contributed by atoms with E-state index in [2.05, 4.69) is 10.1 Å². The fraction of sp³-hybridized carbons (Fsp3) is 0.0870. The summed E-state index contributed by atoms with van der Waals surface area (Å²) in [4.78, 5) is 17.6. The number of aromatic hydroxyl groups is 1. The molecular formula is C23H19N3O3. The molecule has 1 heterocycles. The lowest BCUT2D eigenvalue weighted by Gasteiger charge is -2.11. The minimum Gasteiger partial charge on any atom is -0.507 e. The first-order chi connectivity index (χ1) is 14.1. The molecule has 1 aromatic heterocycles. The van der Waals surface area contributed by atoms with Crippen molar-refractivity contribution in [1.29, 1.82) is 0 Å². The molecule has 3 aromatic carbocycles. The number of aromatic nitrogens is 2. The molecule has 4 rings (SSSR count). The Hall–Kier alpha value is -3.93. The Morgan fingerprint density at radius 3 is 2.62 bits per heavy atom. The maximum atomic E-state index is 13.0. The maximum absolute atomic E-state index is 13.0. The lowest BCUT2D eigenvalue weighted by molar-refractivity contribution is 0.289. The van der Waals surface area contributed by atoms with Crippen LogP contribution in [0.2, 0.25) is 0 Å². The number of rotatable bonds is 5. The van der Waals surface area contributed by atoms with Gasteiger partial charge in [0, 0.05) is 5.56 Å². The van der Waals surface area contributed by atoms with E-state index in [4.69, 9.17) is 4.74 Å². The van der Waals surface area contributed by atoms with E-state index in [9.17, 15) is 9.90 Å². The van der Waals surface area contributed by atoms with E-state index in [-0.39, 0.29) is 17.9 Å². The predicted octanol–water partition coefficient (Wildman–Crippen LogP) is 3.87. The van der Waals surface area contributed by atoms with Crippen LogP contribution in [0.5, 0.6) is 11.5 Å². The van der Waals surface area contributed by atoms with Crippen LogP contribution in [0.25, 0.3) is 10.9 Å². The fourth-order valence-corrected chi connectivity index (χ4v) is 2.95. The number of hydrogen-bond acceptors (Lipinski definition) is 5. The molecule has 144 valence electrons. The van der Waals surface area contributed by atoms with E-state index in [0.29, 0.717) is 28.0 Å². The van der Waals surface area contributed by atoms with Crippen molar-refractivity contribution in [2.75, 3.05) is 0 Å². The highest BCUT2D eigenvalue weighted by molar-refractivity contribution is 5.84. The highest BCUT2D eigenvalue weighted by Crippen LogP contribution is 2.19. The molecule has 0 bridgehead atoms. The first kappa shape index (κ1) is 18.4. The van der Waals surface area contributed by atoms with Crippen LogP contribution < -0.4 is 10.3 Å². The summed E-state index contributed by atoms with van der Waals surface area (Å²) in [7, 11) is 0. The molecule has 0 aliphatic heterocycles. The van der Waals surface area contributed by atoms with Gasteiger partial charge in [0.25, 0.3) is 5.56 Å². The number of ether oxygens (including phenoxy) is 1. The second-order valence-electron chi connectivity index (χ2n) is 6.52. The molecule has 4 aromatic rings. The molecule has 1 N–H and O–H groups in total. The average Bonchev–Trinajstić information content (AvgIpc) is 2.75. The van der Waals surface area contributed by atoms with Gasteiger partial charge in [-0.2, -0.15) is 9.78 Å². The van der Waals surface area contributed by atoms with Crippen molar-refractivity contribution >= 4 is 17.1 Å². The maximum Gasteiger partial charge on any atom is 0.282 e. The minimum atomic E-state index is -0.300. The van der Waals surface area contributed by atoms with Gasteiger partial charge in [-0.15, -0.1) is 0 Å². The summed E-state index contributed by atoms with van der Waals surface area (Å²) >= 11 is 0. The number of para-hydroxylation sites is 3. The summed E-state index contributed by atoms with van der Waals surface area (Å²) < 4.78 is 7.00. The van der Waals surface area contributed by atoms with Crippen molar-refractivity contribution in [1.82, 2.24) is 9.66 Å². The van der Waals surface area contributed by atoms with Gasteiger partial charge in [0.2, 0.25) is 0 Å². The third-order valence-electron chi connectivity index (χ3n) is 4.51. The largest absolute Gasteiger partial charge is 0.507 e. The van der Waals surface area contributed by atoms with E-state index in [1.165, 1.54) is 10.9 Å². The quantitative estimate of drug-likeness (QED) is 0.529. The van der Waals surface area contributed by atoms with E-state index >= 15 is 0 Å². The molecule has 0 aliphatic rings. The predicted molar refractivity (Wildman–Crippen MR) is 113 cm³/mol. The molecule has 0 aliphatic carbocycles. The minimum absolute atomic E-state index is 0.0707. The molecule has 6 heteroatoms. The van der Waals surface area contributed by atoms with Crippen molar-refractivity contribution in [2.24, 2.45) is 5.10 Å². The summed E-state index contributed by atoms with van der Waals surface area (Å²) in [5.74, 6) is 1.16. The monoisotopic (exact) mass is 385 g/mol. The van der Waals surface area contributed by atoms with Gasteiger partial charge < -0.3 is 9.84 Å². The SMILES string of the molecule is Cc1cccc(C=Nn2c(COc3ccccc3)nc3ccccc3c2=O)c1O. The van der Waals surface area contributed by atoms with Gasteiger partial charge >= 0.3 is 0 Å². The number of phenols is 1. The van der Waals surface area contributed by atoms with Gasteiger partial charge in [-0.1, -0.05) is 42.5 Å². The van der Waals surface area contributed by atoms with Gasteiger partial charge in [-0.25, -0.2) is 4.98 Å². The highest BCUT2D eigenvalue weighted by Gasteiger charge is 2.11. The van der Waals surface area contributed by atoms with E-state index < -0.39 is 0 Å². The number of phenolic OH excluding ortho intramolecular Hbond substituents is 1. The second kappa shape index (κ2) is 7.98. The lowest BCUT2D eigenvalue weighted by atomic mass is 10.1. The van der Waals surface area contributed by atoms with E-state index in [1.807, 2.05) is 42.5 Å². The van der Waals surface area contributed by atoms with Crippen LogP contribution in [-0.2, 0) is 6.61 Å². The van der Waals surface area contributed by atoms with Crippen LogP contribution in [0.3, 0.4) is 0 Å². The van der Waals surface area contributed by atoms with Gasteiger partial charge in [-0.05, 0) is 42.8 Å². The van der Waals surface area contributed by atoms with Gasteiger partial charge in [0.15, 0.2) is 5.82 Å². The second-order valence-corrected chi connectivity index (χ2v) is 6.52. The lowest BCUT2D eigenvalue weighted by Crippen LogP contribution is -2.23. The standard InChI is InChI=1S/C23H19N3O3/c1-16-8-7-9-17(22(16)27)14-24-26-21(15-29-18-10-3-2-4-11-18)25-20-13-6-5-12-19(20)23(26)28/h2-14,27H,15H2,1H3. The van der Waals surface area contributed by atoms with Crippen LogP contribution in [0.4, 0.5) is 0 Å². The first-order valence-electron chi connectivity index (χ1n) is 9.15.